The van der Waals surface area contributed by atoms with Crippen LogP contribution in [0.3, 0.4) is 0 Å². The Morgan fingerprint density at radius 2 is 1.74 bits per heavy atom. The zero-order chi connectivity index (χ0) is 19.4. The van der Waals surface area contributed by atoms with Crippen LogP contribution in [0.2, 0.25) is 0 Å². The molecule has 0 saturated heterocycles. The van der Waals surface area contributed by atoms with Gasteiger partial charge in [0.25, 0.3) is 0 Å². The maximum atomic E-state index is 12.6. The second-order valence-electron chi connectivity index (χ2n) is 7.21. The summed E-state index contributed by atoms with van der Waals surface area (Å²) in [6, 6.07) is 10.7. The van der Waals surface area contributed by atoms with Gasteiger partial charge in [-0.05, 0) is 48.6 Å². The summed E-state index contributed by atoms with van der Waals surface area (Å²) in [7, 11) is 3.19. The van der Waals surface area contributed by atoms with Crippen molar-refractivity contribution in [3.8, 4) is 23.0 Å². The number of ketones is 1. The van der Waals surface area contributed by atoms with Gasteiger partial charge in [-0.1, -0.05) is 13.8 Å². The molecule has 0 unspecified atom stereocenters. The molecule has 0 atom stereocenters. The predicted octanol–water partition coefficient (Wildman–Crippen LogP) is 4.40. The number of carbonyl (C=O) groups excluding carboxylic acids is 1. The first-order valence-corrected chi connectivity index (χ1v) is 8.76. The van der Waals surface area contributed by atoms with E-state index in [0.29, 0.717) is 41.8 Å². The molecule has 1 aliphatic rings. The van der Waals surface area contributed by atoms with Crippen molar-refractivity contribution in [2.45, 2.75) is 13.8 Å². The third kappa shape index (κ3) is 4.42. The smallest absolute Gasteiger partial charge is 0.185 e. The molecular weight excluding hydrogens is 344 g/mol. The summed E-state index contributed by atoms with van der Waals surface area (Å²) in [6.07, 6.45) is 3.23. The molecule has 142 valence electrons. The van der Waals surface area contributed by atoms with Gasteiger partial charge in [-0.3, -0.25) is 4.79 Å². The lowest BCUT2D eigenvalue weighted by molar-refractivity contribution is 0.104. The summed E-state index contributed by atoms with van der Waals surface area (Å²) >= 11 is 0. The second kappa shape index (κ2) is 7.74. The van der Waals surface area contributed by atoms with E-state index in [2.05, 4.69) is 13.8 Å². The third-order valence-electron chi connectivity index (χ3n) is 4.32. The second-order valence-corrected chi connectivity index (χ2v) is 7.21. The van der Waals surface area contributed by atoms with E-state index in [9.17, 15) is 4.79 Å². The van der Waals surface area contributed by atoms with E-state index in [-0.39, 0.29) is 11.2 Å². The van der Waals surface area contributed by atoms with Crippen LogP contribution in [0.1, 0.15) is 29.8 Å². The van der Waals surface area contributed by atoms with Gasteiger partial charge in [0.2, 0.25) is 0 Å². The summed E-state index contributed by atoms with van der Waals surface area (Å²) < 4.78 is 22.2. The highest BCUT2D eigenvalue weighted by Crippen LogP contribution is 2.34. The van der Waals surface area contributed by atoms with Crippen LogP contribution in [0.4, 0.5) is 0 Å². The van der Waals surface area contributed by atoms with Crippen molar-refractivity contribution in [1.29, 1.82) is 0 Å². The largest absolute Gasteiger partial charge is 0.497 e. The maximum Gasteiger partial charge on any atom is 0.185 e. The van der Waals surface area contributed by atoms with Crippen LogP contribution in [-0.2, 0) is 0 Å². The molecule has 5 heteroatoms. The molecule has 0 aromatic heterocycles. The lowest BCUT2D eigenvalue weighted by Gasteiger charge is -2.19. The first kappa shape index (κ1) is 18.8. The highest BCUT2D eigenvalue weighted by molar-refractivity contribution is 6.07. The Morgan fingerprint density at radius 3 is 2.44 bits per heavy atom. The number of hydrogen-bond acceptors (Lipinski definition) is 5. The number of ether oxygens (including phenoxy) is 4. The highest BCUT2D eigenvalue weighted by atomic mass is 16.5. The normalized spacial score (nSPS) is 15.3. The standard InChI is InChI=1S/C22H24O5/c1-22(2)13-26-20-9-6-15(12-21(20)27-14-22)18(23)8-5-16-11-17(24-3)7-10-19(16)25-4/h5-12H,13-14H2,1-4H3/b8-5+. The number of rotatable bonds is 5. The van der Waals surface area contributed by atoms with Crippen LogP contribution in [-0.4, -0.2) is 33.2 Å². The number of fused-ring (bicyclic) bond motifs is 1. The van der Waals surface area contributed by atoms with Gasteiger partial charge in [0.1, 0.15) is 11.5 Å². The van der Waals surface area contributed by atoms with Crippen molar-refractivity contribution in [2.75, 3.05) is 27.4 Å². The van der Waals surface area contributed by atoms with E-state index in [0.717, 1.165) is 5.56 Å². The molecule has 0 fully saturated rings. The lowest BCUT2D eigenvalue weighted by atomic mass is 9.97. The molecule has 0 radical (unpaired) electrons. The van der Waals surface area contributed by atoms with Gasteiger partial charge in [0, 0.05) is 16.5 Å². The monoisotopic (exact) mass is 368 g/mol. The average molecular weight is 368 g/mol. The van der Waals surface area contributed by atoms with Gasteiger partial charge in [-0.25, -0.2) is 0 Å². The third-order valence-corrected chi connectivity index (χ3v) is 4.32. The Labute approximate surface area is 159 Å². The summed E-state index contributed by atoms with van der Waals surface area (Å²) in [5.74, 6) is 2.49. The Morgan fingerprint density at radius 1 is 1.00 bits per heavy atom. The SMILES string of the molecule is COc1ccc(OC)c(/C=C/C(=O)c2ccc3c(c2)OCC(C)(C)CO3)c1. The summed E-state index contributed by atoms with van der Waals surface area (Å²) in [5.41, 5.74) is 1.22. The molecule has 0 saturated carbocycles. The number of allylic oxidation sites excluding steroid dienone is 1. The summed E-state index contributed by atoms with van der Waals surface area (Å²) in [6.45, 7) is 5.27. The zero-order valence-electron chi connectivity index (χ0n) is 16.1. The van der Waals surface area contributed by atoms with Crippen molar-refractivity contribution >= 4 is 11.9 Å². The molecule has 0 aliphatic carbocycles. The quantitative estimate of drug-likeness (QED) is 0.578. The predicted molar refractivity (Wildman–Crippen MR) is 104 cm³/mol. The number of benzene rings is 2. The van der Waals surface area contributed by atoms with Gasteiger partial charge < -0.3 is 18.9 Å². The molecule has 27 heavy (non-hydrogen) atoms. The minimum atomic E-state index is -0.130. The Balaban J connectivity index is 1.81. The molecule has 1 heterocycles. The Hall–Kier alpha value is -2.95. The van der Waals surface area contributed by atoms with E-state index in [1.54, 1.807) is 44.6 Å². The van der Waals surface area contributed by atoms with Gasteiger partial charge >= 0.3 is 0 Å². The first-order chi connectivity index (χ1) is 12.9. The fourth-order valence-corrected chi connectivity index (χ4v) is 2.71. The molecule has 1 aliphatic heterocycles. The molecular formula is C22H24O5. The maximum absolute atomic E-state index is 12.6. The van der Waals surface area contributed by atoms with E-state index in [4.69, 9.17) is 18.9 Å². The van der Waals surface area contributed by atoms with E-state index >= 15 is 0 Å². The highest BCUT2D eigenvalue weighted by Gasteiger charge is 2.25. The van der Waals surface area contributed by atoms with Crippen molar-refractivity contribution in [3.05, 3.63) is 53.6 Å². The van der Waals surface area contributed by atoms with Crippen LogP contribution in [0.15, 0.2) is 42.5 Å². The molecule has 2 aromatic carbocycles. The average Bonchev–Trinajstić information content (AvgIpc) is 2.83. The summed E-state index contributed by atoms with van der Waals surface area (Å²) in [5, 5.41) is 0. The minimum absolute atomic E-state index is 0.0774. The van der Waals surface area contributed by atoms with Crippen LogP contribution >= 0.6 is 0 Å². The molecule has 0 spiro atoms. The van der Waals surface area contributed by atoms with Crippen molar-refractivity contribution < 1.29 is 23.7 Å². The zero-order valence-corrected chi connectivity index (χ0v) is 16.1. The Bertz CT molecular complexity index is 867. The van der Waals surface area contributed by atoms with Crippen molar-refractivity contribution in [2.24, 2.45) is 5.41 Å². The van der Waals surface area contributed by atoms with Crippen LogP contribution in [0, 0.1) is 5.41 Å². The van der Waals surface area contributed by atoms with Gasteiger partial charge in [0.05, 0.1) is 27.4 Å². The van der Waals surface area contributed by atoms with Crippen LogP contribution in [0.5, 0.6) is 23.0 Å². The first-order valence-electron chi connectivity index (χ1n) is 8.76. The fourth-order valence-electron chi connectivity index (χ4n) is 2.71. The molecule has 2 aromatic rings. The summed E-state index contributed by atoms with van der Waals surface area (Å²) in [4.78, 5) is 12.6. The van der Waals surface area contributed by atoms with Gasteiger partial charge in [0.15, 0.2) is 17.3 Å². The van der Waals surface area contributed by atoms with Crippen molar-refractivity contribution in [1.82, 2.24) is 0 Å². The Kier molecular flexibility index (Phi) is 5.40. The number of methoxy groups -OCH3 is 2. The number of carbonyl (C=O) groups is 1. The topological polar surface area (TPSA) is 54.0 Å². The fraction of sp³-hybridized carbons (Fsp3) is 0.318. The minimum Gasteiger partial charge on any atom is -0.497 e. The van der Waals surface area contributed by atoms with Crippen LogP contribution < -0.4 is 18.9 Å². The molecule has 3 rings (SSSR count). The van der Waals surface area contributed by atoms with E-state index in [1.807, 2.05) is 12.1 Å². The van der Waals surface area contributed by atoms with Crippen LogP contribution in [0.25, 0.3) is 6.08 Å². The molecule has 0 N–H and O–H groups in total. The molecule has 5 nitrogen and oxygen atoms in total. The van der Waals surface area contributed by atoms with E-state index < -0.39 is 0 Å². The van der Waals surface area contributed by atoms with Gasteiger partial charge in [-0.15, -0.1) is 0 Å². The molecule has 0 bridgehead atoms. The van der Waals surface area contributed by atoms with Crippen molar-refractivity contribution in [3.63, 3.8) is 0 Å². The van der Waals surface area contributed by atoms with E-state index in [1.165, 1.54) is 6.08 Å². The number of hydrogen-bond donors (Lipinski definition) is 0. The lowest BCUT2D eigenvalue weighted by Crippen LogP contribution is -2.26. The van der Waals surface area contributed by atoms with Gasteiger partial charge in [-0.2, -0.15) is 0 Å². The molecule has 0 amide bonds.